The number of nitrogens with zero attached hydrogens (tertiary/aromatic N) is 1. The lowest BCUT2D eigenvalue weighted by molar-refractivity contribution is -0.118. The molecular formula is C21H23NO5. The average Bonchev–Trinajstić information content (AvgIpc) is 2.84. The Labute approximate surface area is 158 Å². The SMILES string of the molecule is CCCC(=O)N1Cc2cccc(OC)c2Oc2ccc(C(=O)OCC)cc21. The topological polar surface area (TPSA) is 65.1 Å². The first-order chi connectivity index (χ1) is 13.1. The second-order valence-corrected chi connectivity index (χ2v) is 6.18. The van der Waals surface area contributed by atoms with E-state index in [9.17, 15) is 9.59 Å². The number of carbonyl (C=O) groups is 2. The first kappa shape index (κ1) is 18.8. The number of rotatable bonds is 5. The standard InChI is InChI=1S/C21H23NO5/c1-4-7-19(23)22-13-15-8-6-9-18(25-3)20(15)27-17-11-10-14(12-16(17)22)21(24)26-5-2/h6,8-12H,4-5,7,13H2,1-3H3. The van der Waals surface area contributed by atoms with E-state index in [1.807, 2.05) is 25.1 Å². The van der Waals surface area contributed by atoms with Crippen molar-refractivity contribution in [3.8, 4) is 17.2 Å². The van der Waals surface area contributed by atoms with Crippen molar-refractivity contribution < 1.29 is 23.8 Å². The van der Waals surface area contributed by atoms with Gasteiger partial charge < -0.3 is 19.1 Å². The van der Waals surface area contributed by atoms with Crippen LogP contribution >= 0.6 is 0 Å². The van der Waals surface area contributed by atoms with Crippen LogP contribution < -0.4 is 14.4 Å². The molecule has 6 nitrogen and oxygen atoms in total. The molecule has 1 aliphatic rings. The van der Waals surface area contributed by atoms with Crippen LogP contribution in [-0.2, 0) is 16.1 Å². The highest BCUT2D eigenvalue weighted by atomic mass is 16.5. The summed E-state index contributed by atoms with van der Waals surface area (Å²) in [6.45, 7) is 4.34. The number of carbonyl (C=O) groups excluding carboxylic acids is 2. The van der Waals surface area contributed by atoms with Crippen molar-refractivity contribution in [2.45, 2.75) is 33.2 Å². The van der Waals surface area contributed by atoms with Crippen molar-refractivity contribution >= 4 is 17.6 Å². The number of hydrogen-bond acceptors (Lipinski definition) is 5. The molecule has 1 amide bonds. The van der Waals surface area contributed by atoms with Crippen LogP contribution in [0.5, 0.6) is 17.2 Å². The monoisotopic (exact) mass is 369 g/mol. The quantitative estimate of drug-likeness (QED) is 0.735. The highest BCUT2D eigenvalue weighted by Crippen LogP contribution is 2.44. The third-order valence-electron chi connectivity index (χ3n) is 4.35. The Bertz CT molecular complexity index is 862. The van der Waals surface area contributed by atoms with Crippen LogP contribution in [0, 0.1) is 0 Å². The van der Waals surface area contributed by atoms with Crippen molar-refractivity contribution in [1.82, 2.24) is 0 Å². The first-order valence-corrected chi connectivity index (χ1v) is 9.04. The van der Waals surface area contributed by atoms with Crippen LogP contribution in [0.1, 0.15) is 42.6 Å². The zero-order valence-electron chi connectivity index (χ0n) is 15.8. The molecule has 0 fully saturated rings. The fourth-order valence-corrected chi connectivity index (χ4v) is 3.06. The van der Waals surface area contributed by atoms with E-state index in [-0.39, 0.29) is 12.5 Å². The largest absolute Gasteiger partial charge is 0.493 e. The van der Waals surface area contributed by atoms with Crippen molar-refractivity contribution in [3.63, 3.8) is 0 Å². The summed E-state index contributed by atoms with van der Waals surface area (Å²) < 4.78 is 16.6. The lowest BCUT2D eigenvalue weighted by atomic mass is 10.1. The van der Waals surface area contributed by atoms with Gasteiger partial charge in [0.15, 0.2) is 17.2 Å². The second-order valence-electron chi connectivity index (χ2n) is 6.18. The average molecular weight is 369 g/mol. The maximum atomic E-state index is 12.8. The Hall–Kier alpha value is -3.02. The van der Waals surface area contributed by atoms with Gasteiger partial charge in [0.05, 0.1) is 31.5 Å². The zero-order valence-corrected chi connectivity index (χ0v) is 15.8. The van der Waals surface area contributed by atoms with Crippen LogP contribution in [0.3, 0.4) is 0 Å². The molecule has 2 aromatic carbocycles. The molecule has 1 aliphatic heterocycles. The van der Waals surface area contributed by atoms with E-state index in [4.69, 9.17) is 14.2 Å². The molecule has 0 radical (unpaired) electrons. The minimum absolute atomic E-state index is 0.0287. The Morgan fingerprint density at radius 2 is 2.00 bits per heavy atom. The molecule has 0 atom stereocenters. The van der Waals surface area contributed by atoms with Crippen molar-refractivity contribution in [3.05, 3.63) is 47.5 Å². The maximum absolute atomic E-state index is 12.8. The summed E-state index contributed by atoms with van der Waals surface area (Å²) in [6, 6.07) is 10.6. The van der Waals surface area contributed by atoms with Crippen molar-refractivity contribution in [2.75, 3.05) is 18.6 Å². The van der Waals surface area contributed by atoms with Crippen LogP contribution in [0.25, 0.3) is 0 Å². The maximum Gasteiger partial charge on any atom is 0.338 e. The molecule has 1 heterocycles. The molecule has 0 saturated carbocycles. The molecule has 27 heavy (non-hydrogen) atoms. The normalized spacial score (nSPS) is 12.3. The van der Waals surface area contributed by atoms with E-state index < -0.39 is 5.97 Å². The molecular weight excluding hydrogens is 346 g/mol. The van der Waals surface area contributed by atoms with Gasteiger partial charge in [-0.15, -0.1) is 0 Å². The molecule has 6 heteroatoms. The van der Waals surface area contributed by atoms with Crippen LogP contribution in [0.2, 0.25) is 0 Å². The molecule has 0 aliphatic carbocycles. The summed E-state index contributed by atoms with van der Waals surface area (Å²) in [4.78, 5) is 26.6. The fraction of sp³-hybridized carbons (Fsp3) is 0.333. The van der Waals surface area contributed by atoms with Gasteiger partial charge in [-0.2, -0.15) is 0 Å². The molecule has 0 spiro atoms. The van der Waals surface area contributed by atoms with E-state index in [1.165, 1.54) is 0 Å². The Kier molecular flexibility index (Phi) is 5.64. The lowest BCUT2D eigenvalue weighted by Crippen LogP contribution is -2.29. The summed E-state index contributed by atoms with van der Waals surface area (Å²) >= 11 is 0. The summed E-state index contributed by atoms with van der Waals surface area (Å²) in [7, 11) is 1.58. The van der Waals surface area contributed by atoms with Gasteiger partial charge in [-0.05, 0) is 37.6 Å². The highest BCUT2D eigenvalue weighted by Gasteiger charge is 2.27. The molecule has 3 rings (SSSR count). The molecule has 0 unspecified atom stereocenters. The number of methoxy groups -OCH3 is 1. The lowest BCUT2D eigenvalue weighted by Gasteiger charge is -2.22. The van der Waals surface area contributed by atoms with E-state index in [1.54, 1.807) is 37.1 Å². The number of esters is 1. The fourth-order valence-electron chi connectivity index (χ4n) is 3.06. The number of para-hydroxylation sites is 1. The van der Waals surface area contributed by atoms with E-state index in [0.717, 1.165) is 12.0 Å². The van der Waals surface area contributed by atoms with Crippen molar-refractivity contribution in [2.24, 2.45) is 0 Å². The number of benzene rings is 2. The smallest absolute Gasteiger partial charge is 0.338 e. The van der Waals surface area contributed by atoms with E-state index in [0.29, 0.717) is 41.5 Å². The Morgan fingerprint density at radius 1 is 1.19 bits per heavy atom. The molecule has 0 bridgehead atoms. The molecule has 0 saturated heterocycles. The predicted molar refractivity (Wildman–Crippen MR) is 102 cm³/mol. The van der Waals surface area contributed by atoms with Gasteiger partial charge in [0.25, 0.3) is 0 Å². The van der Waals surface area contributed by atoms with Gasteiger partial charge in [0.1, 0.15) is 0 Å². The molecule has 0 aromatic heterocycles. The van der Waals surface area contributed by atoms with Gasteiger partial charge >= 0.3 is 5.97 Å². The third-order valence-corrected chi connectivity index (χ3v) is 4.35. The second kappa shape index (κ2) is 8.12. The minimum atomic E-state index is -0.428. The predicted octanol–water partition coefficient (Wildman–Crippen LogP) is 4.31. The Morgan fingerprint density at radius 3 is 2.70 bits per heavy atom. The number of hydrogen-bond donors (Lipinski definition) is 0. The molecule has 142 valence electrons. The van der Waals surface area contributed by atoms with Crippen LogP contribution in [-0.4, -0.2) is 25.6 Å². The number of fused-ring (bicyclic) bond motifs is 2. The summed E-state index contributed by atoms with van der Waals surface area (Å²) in [6.07, 6.45) is 1.14. The van der Waals surface area contributed by atoms with E-state index >= 15 is 0 Å². The van der Waals surface area contributed by atoms with Crippen LogP contribution in [0.4, 0.5) is 5.69 Å². The van der Waals surface area contributed by atoms with Crippen molar-refractivity contribution in [1.29, 1.82) is 0 Å². The van der Waals surface area contributed by atoms with Gasteiger partial charge in [-0.3, -0.25) is 4.79 Å². The van der Waals surface area contributed by atoms with E-state index in [2.05, 4.69) is 0 Å². The molecule has 0 N–H and O–H groups in total. The summed E-state index contributed by atoms with van der Waals surface area (Å²) in [5.41, 5.74) is 1.77. The van der Waals surface area contributed by atoms with Gasteiger partial charge in [-0.1, -0.05) is 19.1 Å². The zero-order chi connectivity index (χ0) is 19.4. The Balaban J connectivity index is 2.11. The van der Waals surface area contributed by atoms with Gasteiger partial charge in [-0.25, -0.2) is 4.79 Å². The number of ether oxygens (including phenoxy) is 3. The van der Waals surface area contributed by atoms with Crippen LogP contribution in [0.15, 0.2) is 36.4 Å². The summed E-state index contributed by atoms with van der Waals surface area (Å²) in [5, 5.41) is 0. The number of anilines is 1. The highest BCUT2D eigenvalue weighted by molar-refractivity contribution is 5.98. The third kappa shape index (κ3) is 3.74. The minimum Gasteiger partial charge on any atom is -0.493 e. The molecule has 2 aromatic rings. The van der Waals surface area contributed by atoms with Gasteiger partial charge in [0, 0.05) is 12.0 Å². The number of amides is 1. The summed E-state index contributed by atoms with van der Waals surface area (Å²) in [5.74, 6) is 1.21. The van der Waals surface area contributed by atoms with Gasteiger partial charge in [0.2, 0.25) is 5.91 Å². The first-order valence-electron chi connectivity index (χ1n) is 9.04.